The summed E-state index contributed by atoms with van der Waals surface area (Å²) in [5.41, 5.74) is 0.421. The minimum absolute atomic E-state index is 0.0532. The van der Waals surface area contributed by atoms with Crippen LogP contribution in [0.25, 0.3) is 0 Å². The predicted molar refractivity (Wildman–Crippen MR) is 116 cm³/mol. The molecular formula is C24H32O7. The molecule has 2 atom stereocenters. The molecule has 1 N–H and O–H groups in total. The number of rotatable bonds is 13. The second kappa shape index (κ2) is 12.1. The van der Waals surface area contributed by atoms with Crippen molar-refractivity contribution in [3.05, 3.63) is 29.8 Å². The lowest BCUT2D eigenvalue weighted by atomic mass is 9.89. The number of carbonyl (C=O) groups excluding carboxylic acids is 2. The van der Waals surface area contributed by atoms with E-state index in [0.717, 1.165) is 32.1 Å². The predicted octanol–water partition coefficient (Wildman–Crippen LogP) is 4.47. The lowest BCUT2D eigenvalue weighted by Gasteiger charge is -2.15. The molecule has 7 heteroatoms. The molecule has 0 radical (unpaired) electrons. The number of methoxy groups -OCH3 is 3. The van der Waals surface area contributed by atoms with Gasteiger partial charge in [0.25, 0.3) is 0 Å². The van der Waals surface area contributed by atoms with Crippen LogP contribution in [0.15, 0.2) is 24.3 Å². The van der Waals surface area contributed by atoms with Crippen molar-refractivity contribution in [3.8, 4) is 17.2 Å². The van der Waals surface area contributed by atoms with E-state index >= 15 is 0 Å². The van der Waals surface area contributed by atoms with E-state index < -0.39 is 5.97 Å². The first-order chi connectivity index (χ1) is 14.9. The van der Waals surface area contributed by atoms with E-state index in [4.69, 9.17) is 19.3 Å². The SMILES string of the molecule is COc1cc(C(=O)/C=C/C2CCC(=O)C2CCCCCCC(=O)O)cc(OC)c1OC. The average Bonchev–Trinajstić information content (AvgIpc) is 3.12. The lowest BCUT2D eigenvalue weighted by molar-refractivity contribution is -0.137. The Kier molecular flexibility index (Phi) is 9.56. The number of ketones is 2. The van der Waals surface area contributed by atoms with Crippen LogP contribution in [-0.2, 0) is 9.59 Å². The standard InChI is InChI=1S/C24H32O7/c1-29-21-14-17(15-22(30-2)24(21)31-3)19(25)12-10-16-11-13-20(26)18(16)8-6-4-5-7-9-23(27)28/h10,12,14-16,18H,4-9,11,13H2,1-3H3,(H,27,28)/b12-10+. The van der Waals surface area contributed by atoms with E-state index in [-0.39, 0.29) is 29.8 Å². The number of aliphatic carboxylic acids is 1. The quantitative estimate of drug-likeness (QED) is 0.279. The summed E-state index contributed by atoms with van der Waals surface area (Å²) in [6, 6.07) is 3.23. The van der Waals surface area contributed by atoms with Gasteiger partial charge in [-0.1, -0.05) is 25.3 Å². The first kappa shape index (κ1) is 24.4. The molecular weight excluding hydrogens is 400 g/mol. The Hall–Kier alpha value is -2.83. The van der Waals surface area contributed by atoms with Gasteiger partial charge in [-0.05, 0) is 43.4 Å². The minimum atomic E-state index is -0.770. The van der Waals surface area contributed by atoms with Crippen LogP contribution in [0.2, 0.25) is 0 Å². The molecule has 0 aliphatic heterocycles. The van der Waals surface area contributed by atoms with Gasteiger partial charge in [0.05, 0.1) is 21.3 Å². The summed E-state index contributed by atoms with van der Waals surface area (Å²) in [5, 5.41) is 8.68. The van der Waals surface area contributed by atoms with Crippen molar-refractivity contribution in [2.75, 3.05) is 21.3 Å². The van der Waals surface area contributed by atoms with Crippen molar-refractivity contribution >= 4 is 17.5 Å². The van der Waals surface area contributed by atoms with Gasteiger partial charge < -0.3 is 19.3 Å². The Balaban J connectivity index is 1.99. The Morgan fingerprint density at radius 1 is 1.03 bits per heavy atom. The highest BCUT2D eigenvalue weighted by molar-refractivity contribution is 6.05. The van der Waals surface area contributed by atoms with Gasteiger partial charge in [0.2, 0.25) is 5.75 Å². The number of allylic oxidation sites excluding steroid dienone is 2. The van der Waals surface area contributed by atoms with Crippen LogP contribution in [0.4, 0.5) is 0 Å². The summed E-state index contributed by atoms with van der Waals surface area (Å²) in [6.45, 7) is 0. The molecule has 1 aromatic rings. The highest BCUT2D eigenvalue weighted by Crippen LogP contribution is 2.38. The molecule has 0 heterocycles. The van der Waals surface area contributed by atoms with Crippen LogP contribution in [0.5, 0.6) is 17.2 Å². The van der Waals surface area contributed by atoms with Gasteiger partial charge in [0.15, 0.2) is 17.3 Å². The maximum atomic E-state index is 12.7. The topological polar surface area (TPSA) is 99.1 Å². The van der Waals surface area contributed by atoms with Crippen molar-refractivity contribution in [2.24, 2.45) is 11.8 Å². The fourth-order valence-corrected chi connectivity index (χ4v) is 4.06. The average molecular weight is 433 g/mol. The summed E-state index contributed by atoms with van der Waals surface area (Å²) in [5.74, 6) is 0.529. The molecule has 0 aromatic heterocycles. The number of benzene rings is 1. The molecule has 2 rings (SSSR count). The van der Waals surface area contributed by atoms with Crippen LogP contribution in [0.3, 0.4) is 0 Å². The van der Waals surface area contributed by atoms with E-state index in [1.165, 1.54) is 27.4 Å². The smallest absolute Gasteiger partial charge is 0.303 e. The third kappa shape index (κ3) is 6.84. The molecule has 1 aromatic carbocycles. The van der Waals surface area contributed by atoms with E-state index in [1.807, 2.05) is 6.08 Å². The van der Waals surface area contributed by atoms with Crippen molar-refractivity contribution in [2.45, 2.75) is 51.4 Å². The summed E-state index contributed by atoms with van der Waals surface area (Å²) < 4.78 is 15.9. The molecule has 1 aliphatic carbocycles. The molecule has 1 fully saturated rings. The zero-order valence-electron chi connectivity index (χ0n) is 18.5. The van der Waals surface area contributed by atoms with E-state index in [0.29, 0.717) is 35.7 Å². The van der Waals surface area contributed by atoms with Gasteiger partial charge in [-0.2, -0.15) is 0 Å². The molecule has 1 aliphatic rings. The van der Waals surface area contributed by atoms with Crippen LogP contribution >= 0.6 is 0 Å². The van der Waals surface area contributed by atoms with Crippen molar-refractivity contribution in [1.82, 2.24) is 0 Å². The van der Waals surface area contributed by atoms with Gasteiger partial charge in [-0.25, -0.2) is 0 Å². The second-order valence-corrected chi connectivity index (χ2v) is 7.76. The first-order valence-electron chi connectivity index (χ1n) is 10.7. The van der Waals surface area contributed by atoms with Crippen molar-refractivity contribution in [3.63, 3.8) is 0 Å². The second-order valence-electron chi connectivity index (χ2n) is 7.76. The summed E-state index contributed by atoms with van der Waals surface area (Å²) in [6.07, 6.45) is 8.97. The molecule has 31 heavy (non-hydrogen) atoms. The van der Waals surface area contributed by atoms with Gasteiger partial charge in [-0.3, -0.25) is 14.4 Å². The van der Waals surface area contributed by atoms with E-state index in [1.54, 1.807) is 12.1 Å². The highest BCUT2D eigenvalue weighted by Gasteiger charge is 2.32. The molecule has 7 nitrogen and oxygen atoms in total. The molecule has 170 valence electrons. The van der Waals surface area contributed by atoms with Crippen LogP contribution in [0.1, 0.15) is 61.7 Å². The monoisotopic (exact) mass is 432 g/mol. The van der Waals surface area contributed by atoms with Crippen molar-refractivity contribution < 1.29 is 33.7 Å². The van der Waals surface area contributed by atoms with Crippen LogP contribution in [0, 0.1) is 11.8 Å². The molecule has 2 unspecified atom stereocenters. The number of hydrogen-bond donors (Lipinski definition) is 1. The van der Waals surface area contributed by atoms with E-state index in [9.17, 15) is 14.4 Å². The number of Topliss-reactive ketones (excluding diaryl/α,β-unsaturated/α-hetero) is 1. The lowest BCUT2D eigenvalue weighted by Crippen LogP contribution is -2.13. The van der Waals surface area contributed by atoms with Crippen molar-refractivity contribution in [1.29, 1.82) is 0 Å². The Morgan fingerprint density at radius 3 is 2.26 bits per heavy atom. The van der Waals surface area contributed by atoms with Gasteiger partial charge in [0.1, 0.15) is 5.78 Å². The summed E-state index contributed by atoms with van der Waals surface area (Å²) >= 11 is 0. The molecule has 1 saturated carbocycles. The maximum absolute atomic E-state index is 12.7. The number of carbonyl (C=O) groups is 3. The number of unbranched alkanes of at least 4 members (excludes halogenated alkanes) is 3. The highest BCUT2D eigenvalue weighted by atomic mass is 16.5. The Bertz CT molecular complexity index is 787. The van der Waals surface area contributed by atoms with Crippen LogP contribution in [-0.4, -0.2) is 44.0 Å². The Labute approximate surface area is 183 Å². The van der Waals surface area contributed by atoms with Gasteiger partial charge in [0, 0.05) is 24.3 Å². The Morgan fingerprint density at radius 2 is 1.68 bits per heavy atom. The van der Waals surface area contributed by atoms with Gasteiger partial charge >= 0.3 is 5.97 Å². The number of hydrogen-bond acceptors (Lipinski definition) is 6. The molecule has 0 amide bonds. The van der Waals surface area contributed by atoms with Gasteiger partial charge in [-0.15, -0.1) is 0 Å². The third-order valence-corrected chi connectivity index (χ3v) is 5.75. The molecule has 0 bridgehead atoms. The third-order valence-electron chi connectivity index (χ3n) is 5.75. The number of carboxylic acid groups (broad SMARTS) is 1. The molecule has 0 spiro atoms. The summed E-state index contributed by atoms with van der Waals surface area (Å²) in [4.78, 5) is 35.6. The molecule has 0 saturated heterocycles. The minimum Gasteiger partial charge on any atom is -0.493 e. The zero-order valence-corrected chi connectivity index (χ0v) is 18.5. The first-order valence-corrected chi connectivity index (χ1v) is 10.7. The number of carboxylic acids is 1. The number of ether oxygens (including phenoxy) is 3. The normalized spacial score (nSPS) is 18.4. The zero-order chi connectivity index (χ0) is 22.8. The summed E-state index contributed by atoms with van der Waals surface area (Å²) in [7, 11) is 4.50. The fraction of sp³-hybridized carbons (Fsp3) is 0.542. The largest absolute Gasteiger partial charge is 0.493 e. The van der Waals surface area contributed by atoms with E-state index in [2.05, 4.69) is 0 Å². The van der Waals surface area contributed by atoms with Crippen LogP contribution < -0.4 is 14.2 Å². The maximum Gasteiger partial charge on any atom is 0.303 e. The fourth-order valence-electron chi connectivity index (χ4n) is 4.06.